The van der Waals surface area contributed by atoms with E-state index in [0.29, 0.717) is 26.3 Å². The lowest BCUT2D eigenvalue weighted by Gasteiger charge is -2.32. The molecule has 26 heavy (non-hydrogen) atoms. The molecule has 2 aliphatic rings. The van der Waals surface area contributed by atoms with E-state index in [2.05, 4.69) is 0 Å². The van der Waals surface area contributed by atoms with E-state index in [-0.39, 0.29) is 11.8 Å². The molecule has 2 fully saturated rings. The van der Waals surface area contributed by atoms with Crippen molar-refractivity contribution in [1.82, 2.24) is 10.4 Å². The van der Waals surface area contributed by atoms with Gasteiger partial charge in [-0.2, -0.15) is 0 Å². The Morgan fingerprint density at radius 2 is 2.00 bits per heavy atom. The molecule has 1 unspecified atom stereocenters. The number of rotatable bonds is 5. The number of hydrogen-bond acceptors (Lipinski definition) is 4. The van der Waals surface area contributed by atoms with Gasteiger partial charge in [-0.1, -0.05) is 29.8 Å². The van der Waals surface area contributed by atoms with E-state index in [1.165, 1.54) is 5.56 Å². The number of likely N-dealkylation sites (tertiary alicyclic amines) is 1. The van der Waals surface area contributed by atoms with Crippen LogP contribution in [0.15, 0.2) is 24.3 Å². The maximum atomic E-state index is 13.1. The standard InChI is InChI=1S/C20H28N2O4/c1-14-3-5-16(6-4-14)20(2)9-10-22(19(20)24)13-17(18(23)21-25)15-7-11-26-12-8-15/h3-6,15,17,25H,7-13H2,1-2H3,(H,21,23)/t17-,20?/m1/s1. The summed E-state index contributed by atoms with van der Waals surface area (Å²) in [6.07, 6.45) is 2.28. The number of ether oxygens (including phenoxy) is 1. The van der Waals surface area contributed by atoms with Crippen molar-refractivity contribution in [3.63, 3.8) is 0 Å². The molecule has 0 spiro atoms. The average Bonchev–Trinajstić information content (AvgIpc) is 2.96. The minimum Gasteiger partial charge on any atom is -0.381 e. The van der Waals surface area contributed by atoms with E-state index in [1.54, 1.807) is 10.4 Å². The number of carbonyl (C=O) groups excluding carboxylic acids is 2. The topological polar surface area (TPSA) is 78.9 Å². The third kappa shape index (κ3) is 3.62. The highest BCUT2D eigenvalue weighted by molar-refractivity contribution is 5.90. The molecule has 2 N–H and O–H groups in total. The van der Waals surface area contributed by atoms with Gasteiger partial charge in [0.05, 0.1) is 11.3 Å². The van der Waals surface area contributed by atoms with Crippen molar-refractivity contribution in [1.29, 1.82) is 0 Å². The van der Waals surface area contributed by atoms with Crippen molar-refractivity contribution < 1.29 is 19.5 Å². The van der Waals surface area contributed by atoms with Crippen LogP contribution in [-0.4, -0.2) is 48.2 Å². The number of benzene rings is 1. The maximum Gasteiger partial charge on any atom is 0.248 e. The molecule has 6 heteroatoms. The molecule has 6 nitrogen and oxygen atoms in total. The van der Waals surface area contributed by atoms with E-state index in [4.69, 9.17) is 9.94 Å². The molecular weight excluding hydrogens is 332 g/mol. The van der Waals surface area contributed by atoms with Gasteiger partial charge in [0.1, 0.15) is 0 Å². The summed E-state index contributed by atoms with van der Waals surface area (Å²) in [4.78, 5) is 27.2. The number of nitrogens with zero attached hydrogens (tertiary/aromatic N) is 1. The van der Waals surface area contributed by atoms with Crippen LogP contribution in [0.25, 0.3) is 0 Å². The van der Waals surface area contributed by atoms with Gasteiger partial charge in [-0.3, -0.25) is 14.8 Å². The SMILES string of the molecule is Cc1ccc(C2(C)CCN(C[C@@H](C(=O)NO)C3CCOCC3)C2=O)cc1. The number of hydroxylamine groups is 1. The third-order valence-corrected chi connectivity index (χ3v) is 6.03. The largest absolute Gasteiger partial charge is 0.381 e. The van der Waals surface area contributed by atoms with E-state index in [9.17, 15) is 9.59 Å². The van der Waals surface area contributed by atoms with Crippen LogP contribution in [0.4, 0.5) is 0 Å². The lowest BCUT2D eigenvalue weighted by molar-refractivity contribution is -0.140. The summed E-state index contributed by atoms with van der Waals surface area (Å²) >= 11 is 0. The highest BCUT2D eigenvalue weighted by atomic mass is 16.5. The fraction of sp³-hybridized carbons (Fsp3) is 0.600. The van der Waals surface area contributed by atoms with E-state index in [1.807, 2.05) is 38.1 Å². The van der Waals surface area contributed by atoms with Crippen LogP contribution >= 0.6 is 0 Å². The molecule has 1 aromatic rings. The van der Waals surface area contributed by atoms with Crippen LogP contribution in [0.3, 0.4) is 0 Å². The predicted octanol–water partition coefficient (Wildman–Crippen LogP) is 2.03. The van der Waals surface area contributed by atoms with E-state index < -0.39 is 17.2 Å². The minimum absolute atomic E-state index is 0.0594. The van der Waals surface area contributed by atoms with Crippen LogP contribution in [0.2, 0.25) is 0 Å². The fourth-order valence-corrected chi connectivity index (χ4v) is 4.16. The molecule has 2 atom stereocenters. The van der Waals surface area contributed by atoms with Gasteiger partial charge in [-0.25, -0.2) is 5.48 Å². The van der Waals surface area contributed by atoms with Gasteiger partial charge in [-0.05, 0) is 44.6 Å². The number of hydrogen-bond donors (Lipinski definition) is 2. The molecule has 0 aromatic heterocycles. The molecular formula is C20H28N2O4. The first-order valence-corrected chi connectivity index (χ1v) is 9.34. The Balaban J connectivity index is 1.75. The zero-order chi connectivity index (χ0) is 18.7. The molecule has 1 aromatic carbocycles. The number of amides is 2. The molecule has 0 saturated carbocycles. The summed E-state index contributed by atoms with van der Waals surface area (Å²) in [5.41, 5.74) is 3.42. The van der Waals surface area contributed by atoms with Gasteiger partial charge in [-0.15, -0.1) is 0 Å². The first-order chi connectivity index (χ1) is 12.5. The monoisotopic (exact) mass is 360 g/mol. The summed E-state index contributed by atoms with van der Waals surface area (Å²) in [6.45, 7) is 6.22. The quantitative estimate of drug-likeness (QED) is 0.622. The Morgan fingerprint density at radius 3 is 2.62 bits per heavy atom. The Morgan fingerprint density at radius 1 is 1.35 bits per heavy atom. The lowest BCUT2D eigenvalue weighted by atomic mass is 9.80. The molecule has 2 aliphatic heterocycles. The fourth-order valence-electron chi connectivity index (χ4n) is 4.16. The van der Waals surface area contributed by atoms with Gasteiger partial charge in [0, 0.05) is 26.3 Å². The first-order valence-electron chi connectivity index (χ1n) is 9.34. The van der Waals surface area contributed by atoms with Gasteiger partial charge in [0.15, 0.2) is 0 Å². The zero-order valence-electron chi connectivity index (χ0n) is 15.5. The van der Waals surface area contributed by atoms with Gasteiger partial charge >= 0.3 is 0 Å². The Bertz CT molecular complexity index is 654. The van der Waals surface area contributed by atoms with Crippen LogP contribution < -0.4 is 5.48 Å². The van der Waals surface area contributed by atoms with Gasteiger partial charge in [0.25, 0.3) is 0 Å². The molecule has 142 valence electrons. The Hall–Kier alpha value is -1.92. The van der Waals surface area contributed by atoms with Crippen LogP contribution in [0.1, 0.15) is 37.3 Å². The van der Waals surface area contributed by atoms with Crippen molar-refractivity contribution in [3.8, 4) is 0 Å². The van der Waals surface area contributed by atoms with E-state index >= 15 is 0 Å². The molecule has 0 radical (unpaired) electrons. The third-order valence-electron chi connectivity index (χ3n) is 6.03. The minimum atomic E-state index is -0.552. The second-order valence-electron chi connectivity index (χ2n) is 7.73. The van der Waals surface area contributed by atoms with Gasteiger partial charge in [0.2, 0.25) is 11.8 Å². The summed E-state index contributed by atoms with van der Waals surface area (Å²) in [5.74, 6) is -0.638. The maximum absolute atomic E-state index is 13.1. The van der Waals surface area contributed by atoms with Crippen molar-refractivity contribution >= 4 is 11.8 Å². The Kier molecular flexibility index (Phi) is 5.63. The highest BCUT2D eigenvalue weighted by Crippen LogP contribution is 2.37. The summed E-state index contributed by atoms with van der Waals surface area (Å²) in [7, 11) is 0. The van der Waals surface area contributed by atoms with Crippen molar-refractivity contribution in [2.45, 2.75) is 38.5 Å². The number of nitrogens with one attached hydrogen (secondary N) is 1. The number of aryl methyl sites for hydroxylation is 1. The number of carbonyl (C=O) groups is 2. The molecule has 2 amide bonds. The van der Waals surface area contributed by atoms with Crippen molar-refractivity contribution in [2.75, 3.05) is 26.3 Å². The van der Waals surface area contributed by atoms with Crippen LogP contribution in [-0.2, 0) is 19.7 Å². The summed E-state index contributed by atoms with van der Waals surface area (Å²) < 4.78 is 5.38. The molecule has 2 heterocycles. The molecule has 3 rings (SSSR count). The van der Waals surface area contributed by atoms with E-state index in [0.717, 1.165) is 24.8 Å². The highest BCUT2D eigenvalue weighted by Gasteiger charge is 2.45. The smallest absolute Gasteiger partial charge is 0.248 e. The molecule has 0 aliphatic carbocycles. The van der Waals surface area contributed by atoms with Crippen LogP contribution in [0, 0.1) is 18.8 Å². The summed E-state index contributed by atoms with van der Waals surface area (Å²) in [6, 6.07) is 8.10. The van der Waals surface area contributed by atoms with Gasteiger partial charge < -0.3 is 9.64 Å². The Labute approximate surface area is 154 Å². The summed E-state index contributed by atoms with van der Waals surface area (Å²) in [5, 5.41) is 9.15. The van der Waals surface area contributed by atoms with Crippen LogP contribution in [0.5, 0.6) is 0 Å². The van der Waals surface area contributed by atoms with Crippen molar-refractivity contribution in [3.05, 3.63) is 35.4 Å². The van der Waals surface area contributed by atoms with Crippen molar-refractivity contribution in [2.24, 2.45) is 11.8 Å². The lowest BCUT2D eigenvalue weighted by Crippen LogP contribution is -2.45. The normalized spacial score (nSPS) is 25.3. The first kappa shape index (κ1) is 18.9. The molecule has 2 saturated heterocycles. The predicted molar refractivity (Wildman–Crippen MR) is 96.7 cm³/mol. The average molecular weight is 360 g/mol. The zero-order valence-corrected chi connectivity index (χ0v) is 15.5. The second kappa shape index (κ2) is 7.76. The molecule has 0 bridgehead atoms. The second-order valence-corrected chi connectivity index (χ2v) is 7.73.